The normalized spacial score (nSPS) is 11.3. The molecule has 32 heavy (non-hydrogen) atoms. The van der Waals surface area contributed by atoms with Gasteiger partial charge in [-0.2, -0.15) is 0 Å². The van der Waals surface area contributed by atoms with Crippen LogP contribution in [0.15, 0.2) is 58.5 Å². The number of aliphatic imine (C=N–C) groups is 2. The number of nitrogens with one attached hydrogen (secondary N) is 1. The molecule has 0 aliphatic rings. The van der Waals surface area contributed by atoms with Crippen LogP contribution in [0.1, 0.15) is 63.5 Å². The highest BCUT2D eigenvalue weighted by Gasteiger charge is 1.97. The van der Waals surface area contributed by atoms with Crippen LogP contribution in [0.5, 0.6) is 11.5 Å². The van der Waals surface area contributed by atoms with E-state index in [1.165, 1.54) is 25.7 Å². The molecule has 5 nitrogen and oxygen atoms in total. The van der Waals surface area contributed by atoms with E-state index in [0.717, 1.165) is 48.7 Å². The molecule has 0 aliphatic carbocycles. The van der Waals surface area contributed by atoms with E-state index in [4.69, 9.17) is 14.9 Å². The second-order valence-corrected chi connectivity index (χ2v) is 7.79. The first-order valence-corrected chi connectivity index (χ1v) is 11.7. The van der Waals surface area contributed by atoms with Crippen molar-refractivity contribution in [3.8, 4) is 11.5 Å². The lowest BCUT2D eigenvalue weighted by Crippen LogP contribution is -2.06. The molecule has 0 bridgehead atoms. The molecule has 5 heteroatoms. The first-order chi connectivity index (χ1) is 15.7. The van der Waals surface area contributed by atoms with Gasteiger partial charge in [0.15, 0.2) is 0 Å². The fourth-order valence-electron chi connectivity index (χ4n) is 2.96. The summed E-state index contributed by atoms with van der Waals surface area (Å²) < 4.78 is 11.4. The summed E-state index contributed by atoms with van der Waals surface area (Å²) in [5.41, 5.74) is 2.47. The number of unbranched alkanes of at least 4 members (excludes halogenated alkanes) is 4. The smallest absolute Gasteiger partial charge is 0.119 e. The number of ether oxygens (including phenoxy) is 2. The SMILES string of the molecule is CCCCCOc1ccc(C=NCC(=N)CN=Cc2ccc(OCCCCC)cc2)cc1. The first kappa shape index (κ1) is 25.3. The van der Waals surface area contributed by atoms with E-state index in [9.17, 15) is 0 Å². The zero-order valence-corrected chi connectivity index (χ0v) is 19.6. The highest BCUT2D eigenvalue weighted by atomic mass is 16.5. The van der Waals surface area contributed by atoms with E-state index in [2.05, 4.69) is 23.8 Å². The number of hydrogen-bond donors (Lipinski definition) is 1. The molecular formula is C27H37N3O2. The second kappa shape index (κ2) is 15.8. The highest BCUT2D eigenvalue weighted by Crippen LogP contribution is 2.13. The standard InChI is InChI=1S/C27H37N3O2/c1-3-5-7-17-31-26-13-9-23(10-14-26)19-29-21-25(28)22-30-20-24-11-15-27(16-12-24)32-18-8-6-4-2/h9-16,19-20,28H,3-8,17-18,21-22H2,1-2H3. The van der Waals surface area contributed by atoms with Gasteiger partial charge >= 0.3 is 0 Å². The molecule has 0 unspecified atom stereocenters. The maximum absolute atomic E-state index is 8.04. The molecular weight excluding hydrogens is 398 g/mol. The molecule has 0 aliphatic heterocycles. The lowest BCUT2D eigenvalue weighted by atomic mass is 10.2. The van der Waals surface area contributed by atoms with Crippen molar-refractivity contribution in [2.24, 2.45) is 9.98 Å². The first-order valence-electron chi connectivity index (χ1n) is 11.7. The summed E-state index contributed by atoms with van der Waals surface area (Å²) in [6, 6.07) is 15.8. The largest absolute Gasteiger partial charge is 0.494 e. The van der Waals surface area contributed by atoms with Crippen LogP contribution in [0, 0.1) is 5.41 Å². The van der Waals surface area contributed by atoms with E-state index in [0.29, 0.717) is 18.8 Å². The zero-order valence-electron chi connectivity index (χ0n) is 19.6. The van der Waals surface area contributed by atoms with Crippen molar-refractivity contribution in [2.45, 2.75) is 52.4 Å². The van der Waals surface area contributed by atoms with Crippen LogP contribution in [-0.4, -0.2) is 44.4 Å². The van der Waals surface area contributed by atoms with Gasteiger partial charge in [-0.15, -0.1) is 0 Å². The van der Waals surface area contributed by atoms with Crippen LogP contribution in [-0.2, 0) is 0 Å². The van der Waals surface area contributed by atoms with Crippen LogP contribution < -0.4 is 9.47 Å². The molecule has 0 saturated heterocycles. The van der Waals surface area contributed by atoms with E-state index < -0.39 is 0 Å². The van der Waals surface area contributed by atoms with Gasteiger partial charge in [-0.1, -0.05) is 39.5 Å². The molecule has 2 rings (SSSR count). The fraction of sp³-hybridized carbons (Fsp3) is 0.444. The monoisotopic (exact) mass is 435 g/mol. The third-order valence-corrected chi connectivity index (χ3v) is 4.84. The number of hydrogen-bond acceptors (Lipinski definition) is 5. The minimum absolute atomic E-state index is 0.344. The average Bonchev–Trinajstić information content (AvgIpc) is 2.81. The summed E-state index contributed by atoms with van der Waals surface area (Å²) >= 11 is 0. The number of rotatable bonds is 16. The van der Waals surface area contributed by atoms with Gasteiger partial charge in [-0.25, -0.2) is 0 Å². The quantitative estimate of drug-likeness (QED) is 0.245. The molecule has 0 radical (unpaired) electrons. The van der Waals surface area contributed by atoms with Crippen molar-refractivity contribution in [3.63, 3.8) is 0 Å². The Bertz CT molecular complexity index is 757. The maximum Gasteiger partial charge on any atom is 0.119 e. The molecule has 2 aromatic rings. The van der Waals surface area contributed by atoms with Crippen LogP contribution in [0.3, 0.4) is 0 Å². The predicted octanol–water partition coefficient (Wildman–Crippen LogP) is 6.38. The Morgan fingerprint density at radius 2 is 1.09 bits per heavy atom. The van der Waals surface area contributed by atoms with Gasteiger partial charge in [0.2, 0.25) is 0 Å². The summed E-state index contributed by atoms with van der Waals surface area (Å²) in [6.07, 6.45) is 10.5. The van der Waals surface area contributed by atoms with Crippen molar-refractivity contribution in [3.05, 3.63) is 59.7 Å². The van der Waals surface area contributed by atoms with E-state index in [1.807, 2.05) is 48.5 Å². The van der Waals surface area contributed by atoms with Crippen LogP contribution in [0.4, 0.5) is 0 Å². The Balaban J connectivity index is 1.67. The molecule has 0 saturated carbocycles. The lowest BCUT2D eigenvalue weighted by Gasteiger charge is -2.05. The predicted molar refractivity (Wildman–Crippen MR) is 136 cm³/mol. The Kier molecular flexibility index (Phi) is 12.5. The molecule has 1 N–H and O–H groups in total. The van der Waals surface area contributed by atoms with Gasteiger partial charge in [0.05, 0.1) is 32.0 Å². The molecule has 0 aromatic heterocycles. The van der Waals surface area contributed by atoms with Crippen LogP contribution in [0.25, 0.3) is 0 Å². The van der Waals surface area contributed by atoms with E-state index >= 15 is 0 Å². The number of benzene rings is 2. The zero-order chi connectivity index (χ0) is 22.9. The molecule has 172 valence electrons. The minimum atomic E-state index is 0.344. The second-order valence-electron chi connectivity index (χ2n) is 7.79. The van der Waals surface area contributed by atoms with Crippen LogP contribution in [0.2, 0.25) is 0 Å². The third kappa shape index (κ3) is 10.9. The van der Waals surface area contributed by atoms with Crippen LogP contribution >= 0.6 is 0 Å². The van der Waals surface area contributed by atoms with Crippen molar-refractivity contribution < 1.29 is 9.47 Å². The Morgan fingerprint density at radius 3 is 1.47 bits per heavy atom. The number of nitrogens with zero attached hydrogens (tertiary/aromatic N) is 2. The van der Waals surface area contributed by atoms with Gasteiger partial charge < -0.3 is 14.9 Å². The van der Waals surface area contributed by atoms with Crippen molar-refractivity contribution in [1.29, 1.82) is 5.41 Å². The van der Waals surface area contributed by atoms with Gasteiger partial charge in [0.25, 0.3) is 0 Å². The molecule has 0 amide bonds. The average molecular weight is 436 g/mol. The Hall–Kier alpha value is -2.95. The topological polar surface area (TPSA) is 67.0 Å². The summed E-state index contributed by atoms with van der Waals surface area (Å²) in [6.45, 7) is 6.58. The van der Waals surface area contributed by atoms with Crippen molar-refractivity contribution >= 4 is 18.1 Å². The van der Waals surface area contributed by atoms with Crippen molar-refractivity contribution in [2.75, 3.05) is 26.3 Å². The summed E-state index contributed by atoms with van der Waals surface area (Å²) in [5.74, 6) is 1.77. The molecule has 0 heterocycles. The highest BCUT2D eigenvalue weighted by molar-refractivity contribution is 5.90. The summed E-state index contributed by atoms with van der Waals surface area (Å²) in [7, 11) is 0. The molecule has 0 fully saturated rings. The molecule has 0 atom stereocenters. The fourth-order valence-corrected chi connectivity index (χ4v) is 2.96. The minimum Gasteiger partial charge on any atom is -0.494 e. The van der Waals surface area contributed by atoms with Gasteiger partial charge in [-0.05, 0) is 72.5 Å². The van der Waals surface area contributed by atoms with Gasteiger partial charge in [0.1, 0.15) is 11.5 Å². The van der Waals surface area contributed by atoms with E-state index in [-0.39, 0.29) is 0 Å². The molecule has 2 aromatic carbocycles. The third-order valence-electron chi connectivity index (χ3n) is 4.84. The Morgan fingerprint density at radius 1 is 0.688 bits per heavy atom. The van der Waals surface area contributed by atoms with Gasteiger partial charge in [-0.3, -0.25) is 9.98 Å². The van der Waals surface area contributed by atoms with Crippen molar-refractivity contribution in [1.82, 2.24) is 0 Å². The maximum atomic E-state index is 8.04. The summed E-state index contributed by atoms with van der Waals surface area (Å²) in [4.78, 5) is 8.71. The molecule has 0 spiro atoms. The Labute approximate surface area is 193 Å². The van der Waals surface area contributed by atoms with Gasteiger partial charge in [0, 0.05) is 12.4 Å². The lowest BCUT2D eigenvalue weighted by molar-refractivity contribution is 0.306. The summed E-state index contributed by atoms with van der Waals surface area (Å²) in [5, 5.41) is 8.04. The van der Waals surface area contributed by atoms with E-state index in [1.54, 1.807) is 12.4 Å².